The van der Waals surface area contributed by atoms with E-state index in [2.05, 4.69) is 6.07 Å². The van der Waals surface area contributed by atoms with Crippen molar-refractivity contribution in [1.82, 2.24) is 4.90 Å². The van der Waals surface area contributed by atoms with E-state index in [0.717, 1.165) is 18.4 Å². The Labute approximate surface area is 126 Å². The predicted octanol–water partition coefficient (Wildman–Crippen LogP) is 3.57. The topological polar surface area (TPSA) is 44.1 Å². The Bertz CT molecular complexity index is 527. The average Bonchev–Trinajstić information content (AvgIpc) is 2.78. The zero-order valence-electron chi connectivity index (χ0n) is 10.9. The second-order valence-electron chi connectivity index (χ2n) is 4.66. The number of nitriles is 1. The second-order valence-corrected chi connectivity index (χ2v) is 7.11. The third kappa shape index (κ3) is 2.76. The molecule has 0 atom stereocenters. The highest BCUT2D eigenvalue weighted by molar-refractivity contribution is 8.00. The molecule has 2 rings (SSSR count). The number of thioether (sulfide) groups is 1. The van der Waals surface area contributed by atoms with Gasteiger partial charge in [-0.1, -0.05) is 11.6 Å². The van der Waals surface area contributed by atoms with E-state index in [1.165, 1.54) is 11.3 Å². The van der Waals surface area contributed by atoms with Crippen molar-refractivity contribution < 1.29 is 4.79 Å². The van der Waals surface area contributed by atoms with Crippen LogP contribution in [0.15, 0.2) is 5.38 Å². The van der Waals surface area contributed by atoms with Crippen molar-refractivity contribution >= 4 is 40.6 Å². The monoisotopic (exact) mass is 314 g/mol. The molecule has 1 aliphatic rings. The summed E-state index contributed by atoms with van der Waals surface area (Å²) in [7, 11) is 0. The van der Waals surface area contributed by atoms with E-state index in [0.29, 0.717) is 23.0 Å². The first-order valence-corrected chi connectivity index (χ1v) is 8.50. The molecule has 0 spiro atoms. The summed E-state index contributed by atoms with van der Waals surface area (Å²) in [6, 6.07) is 2.38. The lowest BCUT2D eigenvalue weighted by Crippen LogP contribution is -2.44. The van der Waals surface area contributed by atoms with Crippen LogP contribution in [0.1, 0.15) is 28.1 Å². The van der Waals surface area contributed by atoms with E-state index in [1.54, 1.807) is 11.8 Å². The zero-order chi connectivity index (χ0) is 14.0. The van der Waals surface area contributed by atoms with Crippen LogP contribution in [0.25, 0.3) is 0 Å². The summed E-state index contributed by atoms with van der Waals surface area (Å²) in [5.41, 5.74) is 0.947. The molecule has 6 heteroatoms. The van der Waals surface area contributed by atoms with Crippen LogP contribution in [0.3, 0.4) is 0 Å². The fraction of sp³-hybridized carbons (Fsp3) is 0.538. The third-order valence-electron chi connectivity index (χ3n) is 3.55. The molecule has 0 aromatic carbocycles. The number of aryl methyl sites for hydroxylation is 1. The molecule has 19 heavy (non-hydrogen) atoms. The molecule has 3 nitrogen and oxygen atoms in total. The second kappa shape index (κ2) is 5.74. The lowest BCUT2D eigenvalue weighted by Gasteiger charge is -2.36. The van der Waals surface area contributed by atoms with Gasteiger partial charge in [-0.05, 0) is 37.0 Å². The molecule has 1 fully saturated rings. The van der Waals surface area contributed by atoms with Crippen LogP contribution < -0.4 is 0 Å². The summed E-state index contributed by atoms with van der Waals surface area (Å²) >= 11 is 9.12. The first-order valence-electron chi connectivity index (χ1n) is 6.02. The highest BCUT2D eigenvalue weighted by Crippen LogP contribution is 2.35. The molecule has 0 aliphatic carbocycles. The van der Waals surface area contributed by atoms with Gasteiger partial charge in [0.05, 0.1) is 11.1 Å². The number of rotatable bonds is 2. The number of halogens is 1. The lowest BCUT2D eigenvalue weighted by molar-refractivity contribution is 0.0721. The van der Waals surface area contributed by atoms with Crippen molar-refractivity contribution in [2.45, 2.75) is 24.5 Å². The molecule has 0 radical (unpaired) electrons. The fourth-order valence-corrected chi connectivity index (χ4v) is 4.07. The van der Waals surface area contributed by atoms with Crippen molar-refractivity contribution in [2.24, 2.45) is 0 Å². The highest BCUT2D eigenvalue weighted by atomic mass is 35.5. The van der Waals surface area contributed by atoms with Gasteiger partial charge in [-0.2, -0.15) is 5.26 Å². The van der Waals surface area contributed by atoms with E-state index in [-0.39, 0.29) is 10.7 Å². The van der Waals surface area contributed by atoms with Crippen LogP contribution in [0.5, 0.6) is 0 Å². The standard InChI is InChI=1S/C13H15ClN2OS2/c1-9-7-19-11(10(9)14)12(17)16-5-3-13(8-15,18-2)4-6-16/h7H,3-6H2,1-2H3. The normalized spacial score (nSPS) is 18.1. The average molecular weight is 315 g/mol. The molecule has 102 valence electrons. The molecular weight excluding hydrogens is 300 g/mol. The Morgan fingerprint density at radius 2 is 2.21 bits per heavy atom. The molecule has 0 unspecified atom stereocenters. The number of nitrogens with zero attached hydrogens (tertiary/aromatic N) is 2. The number of hydrogen-bond donors (Lipinski definition) is 0. The Morgan fingerprint density at radius 3 is 2.63 bits per heavy atom. The number of carbonyl (C=O) groups is 1. The van der Waals surface area contributed by atoms with Gasteiger partial charge in [0.2, 0.25) is 0 Å². The summed E-state index contributed by atoms with van der Waals surface area (Å²) < 4.78 is -0.327. The molecule has 1 aromatic heterocycles. The largest absolute Gasteiger partial charge is 0.338 e. The van der Waals surface area contributed by atoms with E-state index >= 15 is 0 Å². The van der Waals surface area contributed by atoms with Crippen molar-refractivity contribution in [3.05, 3.63) is 20.8 Å². The summed E-state index contributed by atoms with van der Waals surface area (Å²) in [5, 5.41) is 11.7. The van der Waals surface area contributed by atoms with Gasteiger partial charge in [-0.3, -0.25) is 4.79 Å². The Hall–Kier alpha value is -0.700. The van der Waals surface area contributed by atoms with E-state index < -0.39 is 0 Å². The van der Waals surface area contributed by atoms with E-state index in [4.69, 9.17) is 11.6 Å². The van der Waals surface area contributed by atoms with Crippen LogP contribution in [-0.4, -0.2) is 34.9 Å². The summed E-state index contributed by atoms with van der Waals surface area (Å²) in [6.45, 7) is 3.15. The van der Waals surface area contributed by atoms with Crippen LogP contribution in [0.4, 0.5) is 0 Å². The SMILES string of the molecule is CSC1(C#N)CCN(C(=O)c2scc(C)c2Cl)CC1. The number of likely N-dealkylation sites (tertiary alicyclic amines) is 1. The summed E-state index contributed by atoms with van der Waals surface area (Å²) in [6.07, 6.45) is 3.40. The minimum atomic E-state index is -0.327. The number of piperidine rings is 1. The molecule has 1 aliphatic heterocycles. The van der Waals surface area contributed by atoms with Gasteiger partial charge in [0.15, 0.2) is 0 Å². The lowest BCUT2D eigenvalue weighted by atomic mass is 9.97. The number of amides is 1. The smallest absolute Gasteiger partial charge is 0.265 e. The molecule has 0 saturated carbocycles. The quantitative estimate of drug-likeness (QED) is 0.838. The van der Waals surface area contributed by atoms with Crippen molar-refractivity contribution in [3.8, 4) is 6.07 Å². The van der Waals surface area contributed by atoms with Crippen LogP contribution in [0, 0.1) is 18.3 Å². The Kier molecular flexibility index (Phi) is 4.44. The molecule has 2 heterocycles. The first-order chi connectivity index (χ1) is 9.03. The van der Waals surface area contributed by atoms with Crippen LogP contribution in [-0.2, 0) is 0 Å². The molecule has 1 amide bonds. The van der Waals surface area contributed by atoms with Crippen LogP contribution >= 0.6 is 34.7 Å². The summed E-state index contributed by atoms with van der Waals surface area (Å²) in [5.74, 6) is -0.00394. The molecule has 1 aromatic rings. The molecule has 0 bridgehead atoms. The molecule has 0 N–H and O–H groups in total. The van der Waals surface area contributed by atoms with Gasteiger partial charge in [0.25, 0.3) is 5.91 Å². The molecule has 1 saturated heterocycles. The van der Waals surface area contributed by atoms with Gasteiger partial charge < -0.3 is 4.90 Å². The molecular formula is C13H15ClN2OS2. The van der Waals surface area contributed by atoms with Crippen LogP contribution in [0.2, 0.25) is 5.02 Å². The number of hydrogen-bond acceptors (Lipinski definition) is 4. The van der Waals surface area contributed by atoms with Gasteiger partial charge in [-0.15, -0.1) is 23.1 Å². The third-order valence-corrected chi connectivity index (χ3v) is 6.51. The van der Waals surface area contributed by atoms with E-state index in [1.807, 2.05) is 23.5 Å². The minimum Gasteiger partial charge on any atom is -0.338 e. The van der Waals surface area contributed by atoms with Gasteiger partial charge in [0.1, 0.15) is 9.62 Å². The Morgan fingerprint density at radius 1 is 1.58 bits per heavy atom. The fourth-order valence-electron chi connectivity index (χ4n) is 2.15. The van der Waals surface area contributed by atoms with E-state index in [9.17, 15) is 10.1 Å². The number of thiophene rings is 1. The van der Waals surface area contributed by atoms with Gasteiger partial charge >= 0.3 is 0 Å². The predicted molar refractivity (Wildman–Crippen MR) is 81.1 cm³/mol. The van der Waals surface area contributed by atoms with Crippen molar-refractivity contribution in [3.63, 3.8) is 0 Å². The maximum Gasteiger partial charge on any atom is 0.265 e. The number of carbonyl (C=O) groups excluding carboxylic acids is 1. The highest BCUT2D eigenvalue weighted by Gasteiger charge is 2.36. The van der Waals surface area contributed by atoms with Crippen molar-refractivity contribution in [2.75, 3.05) is 19.3 Å². The van der Waals surface area contributed by atoms with Gasteiger partial charge in [-0.25, -0.2) is 0 Å². The maximum absolute atomic E-state index is 12.4. The Balaban J connectivity index is 2.08. The maximum atomic E-state index is 12.4. The minimum absolute atomic E-state index is 0.00394. The zero-order valence-corrected chi connectivity index (χ0v) is 13.3. The van der Waals surface area contributed by atoms with Crippen molar-refractivity contribution in [1.29, 1.82) is 5.26 Å². The first kappa shape index (κ1) is 14.7. The summed E-state index contributed by atoms with van der Waals surface area (Å²) in [4.78, 5) is 14.8. The van der Waals surface area contributed by atoms with Gasteiger partial charge in [0, 0.05) is 13.1 Å².